The van der Waals surface area contributed by atoms with Crippen LogP contribution in [0, 0.1) is 10.8 Å². The smallest absolute Gasteiger partial charge is 0.245 e. The fourth-order valence-electron chi connectivity index (χ4n) is 7.74. The van der Waals surface area contributed by atoms with E-state index in [-0.39, 0.29) is 40.9 Å². The highest BCUT2D eigenvalue weighted by atomic mass is 16.2. The number of hydrogen-bond acceptors (Lipinski definition) is 5. The zero-order chi connectivity index (χ0) is 28.4. The zero-order valence-corrected chi connectivity index (χ0v) is 24.6. The lowest BCUT2D eigenvalue weighted by Gasteiger charge is -2.27. The number of amides is 1. The van der Waals surface area contributed by atoms with Crippen LogP contribution in [0.1, 0.15) is 126 Å². The number of rotatable bonds is 4. The van der Waals surface area contributed by atoms with Crippen LogP contribution in [-0.2, 0) is 27.3 Å². The van der Waals surface area contributed by atoms with Crippen LogP contribution in [0.4, 0.5) is 0 Å². The molecule has 3 atom stereocenters. The Morgan fingerprint density at radius 3 is 2.52 bits per heavy atom. The molecule has 0 spiro atoms. The Balaban J connectivity index is 1.42. The van der Waals surface area contributed by atoms with Gasteiger partial charge in [-0.05, 0) is 85.3 Å². The van der Waals surface area contributed by atoms with Crippen LogP contribution in [0.5, 0.6) is 0 Å². The summed E-state index contributed by atoms with van der Waals surface area (Å²) in [6, 6.07) is 3.98. The number of hydrogen-bond donors (Lipinski definition) is 0. The second-order valence-corrected chi connectivity index (χ2v) is 13.9. The summed E-state index contributed by atoms with van der Waals surface area (Å²) in [7, 11) is 0. The average molecular weight is 546 g/mol. The number of piperidine rings is 1. The van der Waals surface area contributed by atoms with E-state index in [0.29, 0.717) is 43.1 Å². The van der Waals surface area contributed by atoms with Crippen molar-refractivity contribution in [3.8, 4) is 0 Å². The maximum Gasteiger partial charge on any atom is 0.245 e. The van der Waals surface area contributed by atoms with Crippen LogP contribution in [-0.4, -0.2) is 50.0 Å². The van der Waals surface area contributed by atoms with Gasteiger partial charge in [-0.25, -0.2) is 0 Å². The SMILES string of the molecule is CCC(=O)[C@@H]1C[C@]23CCC(=O)CC(C)(C)CCCCc4cc(C5CC5)cc5c(C(C)=O)nn(c45)CC(=O)N1[C@@H]2C3. The van der Waals surface area contributed by atoms with Crippen molar-refractivity contribution in [3.63, 3.8) is 0 Å². The third kappa shape index (κ3) is 4.94. The summed E-state index contributed by atoms with van der Waals surface area (Å²) >= 11 is 0. The highest BCUT2D eigenvalue weighted by Crippen LogP contribution is 2.62. The maximum atomic E-state index is 14.0. The molecule has 4 aliphatic rings. The normalized spacial score (nSPS) is 28.9. The van der Waals surface area contributed by atoms with Gasteiger partial charge in [0.25, 0.3) is 0 Å². The first-order chi connectivity index (χ1) is 19.0. The van der Waals surface area contributed by atoms with E-state index in [9.17, 15) is 19.2 Å². The average Bonchev–Trinajstić information content (AvgIpc) is 3.81. The predicted octanol–water partition coefficient (Wildman–Crippen LogP) is 5.95. The number of aryl methyl sites for hydroxylation is 1. The van der Waals surface area contributed by atoms with Crippen LogP contribution in [0.3, 0.4) is 0 Å². The summed E-state index contributed by atoms with van der Waals surface area (Å²) in [5.41, 5.74) is 3.56. The molecule has 2 aliphatic heterocycles. The predicted molar refractivity (Wildman–Crippen MR) is 153 cm³/mol. The first-order valence-electron chi connectivity index (χ1n) is 15.4. The van der Waals surface area contributed by atoms with Gasteiger partial charge in [0.2, 0.25) is 5.91 Å². The molecule has 0 radical (unpaired) electrons. The molecule has 6 rings (SSSR count). The molecule has 1 aromatic carbocycles. The van der Waals surface area contributed by atoms with E-state index in [1.807, 2.05) is 11.8 Å². The Morgan fingerprint density at radius 1 is 1.05 bits per heavy atom. The van der Waals surface area contributed by atoms with E-state index in [1.54, 1.807) is 11.6 Å². The maximum absolute atomic E-state index is 14.0. The second-order valence-electron chi connectivity index (χ2n) is 13.9. The van der Waals surface area contributed by atoms with Crippen LogP contribution in [0.15, 0.2) is 12.1 Å². The fraction of sp³-hybridized carbons (Fsp3) is 0.667. The fourth-order valence-corrected chi connectivity index (χ4v) is 7.74. The van der Waals surface area contributed by atoms with E-state index >= 15 is 0 Å². The Bertz CT molecular complexity index is 1400. The van der Waals surface area contributed by atoms with Crippen molar-refractivity contribution in [2.45, 2.75) is 129 Å². The number of aromatic nitrogens is 2. The van der Waals surface area contributed by atoms with Crippen molar-refractivity contribution in [3.05, 3.63) is 29.0 Å². The Morgan fingerprint density at radius 2 is 1.82 bits per heavy atom. The van der Waals surface area contributed by atoms with Crippen LogP contribution >= 0.6 is 0 Å². The number of nitrogens with zero attached hydrogens (tertiary/aromatic N) is 3. The van der Waals surface area contributed by atoms with Crippen molar-refractivity contribution in [2.75, 3.05) is 0 Å². The van der Waals surface area contributed by atoms with Crippen LogP contribution < -0.4 is 0 Å². The minimum Gasteiger partial charge on any atom is -0.327 e. The van der Waals surface area contributed by atoms with Crippen LogP contribution in [0.2, 0.25) is 0 Å². The van der Waals surface area contributed by atoms with Crippen molar-refractivity contribution < 1.29 is 19.2 Å². The largest absolute Gasteiger partial charge is 0.327 e. The molecule has 214 valence electrons. The van der Waals surface area contributed by atoms with E-state index in [1.165, 1.54) is 18.4 Å². The Hall–Kier alpha value is -2.83. The van der Waals surface area contributed by atoms with Gasteiger partial charge >= 0.3 is 0 Å². The van der Waals surface area contributed by atoms with E-state index in [0.717, 1.165) is 55.0 Å². The molecule has 7 nitrogen and oxygen atoms in total. The summed E-state index contributed by atoms with van der Waals surface area (Å²) in [5, 5.41) is 5.60. The molecule has 1 saturated heterocycles. The number of carbonyl (C=O) groups is 4. The molecule has 2 bridgehead atoms. The summed E-state index contributed by atoms with van der Waals surface area (Å²) in [5.74, 6) is 0.724. The molecule has 2 saturated carbocycles. The van der Waals surface area contributed by atoms with Gasteiger partial charge in [-0.3, -0.25) is 23.9 Å². The van der Waals surface area contributed by atoms with Crippen molar-refractivity contribution >= 4 is 34.2 Å². The van der Waals surface area contributed by atoms with Gasteiger partial charge < -0.3 is 4.90 Å². The minimum atomic E-state index is -0.434. The lowest BCUT2D eigenvalue weighted by Crippen LogP contribution is -2.44. The molecular weight excluding hydrogens is 502 g/mol. The Labute approximate surface area is 237 Å². The summed E-state index contributed by atoms with van der Waals surface area (Å²) in [6.07, 6.45) is 9.88. The molecule has 3 fully saturated rings. The molecule has 7 heteroatoms. The zero-order valence-electron chi connectivity index (χ0n) is 24.6. The summed E-state index contributed by atoms with van der Waals surface area (Å²) in [6.45, 7) is 7.82. The molecule has 2 aliphatic carbocycles. The topological polar surface area (TPSA) is 89.3 Å². The monoisotopic (exact) mass is 545 g/mol. The number of ketones is 3. The number of carbonyl (C=O) groups excluding carboxylic acids is 4. The van der Waals surface area contributed by atoms with Crippen molar-refractivity contribution in [2.24, 2.45) is 10.8 Å². The first kappa shape index (κ1) is 27.3. The lowest BCUT2D eigenvalue weighted by molar-refractivity contribution is -0.139. The highest BCUT2D eigenvalue weighted by molar-refractivity contribution is 6.06. The molecule has 40 heavy (non-hydrogen) atoms. The minimum absolute atomic E-state index is 0.00652. The van der Waals surface area contributed by atoms with Crippen molar-refractivity contribution in [1.82, 2.24) is 14.7 Å². The van der Waals surface area contributed by atoms with Gasteiger partial charge in [0.15, 0.2) is 11.6 Å². The van der Waals surface area contributed by atoms with Gasteiger partial charge in [0.1, 0.15) is 18.0 Å². The molecule has 1 amide bonds. The quantitative estimate of drug-likeness (QED) is 0.443. The highest BCUT2D eigenvalue weighted by Gasteiger charge is 2.66. The van der Waals surface area contributed by atoms with E-state index < -0.39 is 6.04 Å². The molecule has 0 unspecified atom stereocenters. The van der Waals surface area contributed by atoms with Crippen LogP contribution in [0.25, 0.3) is 10.9 Å². The van der Waals surface area contributed by atoms with Gasteiger partial charge in [-0.2, -0.15) is 5.10 Å². The summed E-state index contributed by atoms with van der Waals surface area (Å²) < 4.78 is 1.75. The number of Topliss-reactive ketones (excluding diaryl/α,β-unsaturated/α-hetero) is 3. The van der Waals surface area contributed by atoms with E-state index in [4.69, 9.17) is 5.10 Å². The molecule has 0 N–H and O–H groups in total. The standard InChI is InChI=1S/C33H43N3O4/c1-5-27(39)26-17-33-13-11-24(38)16-32(3,4)12-7-6-8-22-14-23(21-9-10-21)15-25-30(20(2)37)34-35(31(22)25)19-29(40)36(26)28(33)18-33/h14-15,21,26,28H,5-13,16-19H2,1-4H3/t26-,28+,33-/m0/s1. The van der Waals surface area contributed by atoms with E-state index in [2.05, 4.69) is 26.0 Å². The van der Waals surface area contributed by atoms with Gasteiger partial charge in [-0.1, -0.05) is 33.3 Å². The third-order valence-corrected chi connectivity index (χ3v) is 10.2. The van der Waals surface area contributed by atoms with Gasteiger partial charge in [0, 0.05) is 37.6 Å². The number of benzene rings is 1. The van der Waals surface area contributed by atoms with Gasteiger partial charge in [0.05, 0.1) is 11.6 Å². The third-order valence-electron chi connectivity index (χ3n) is 10.2. The molecule has 1 aromatic heterocycles. The molecule has 3 heterocycles. The van der Waals surface area contributed by atoms with Crippen molar-refractivity contribution in [1.29, 1.82) is 0 Å². The molecule has 2 aromatic rings. The lowest BCUT2D eigenvalue weighted by atomic mass is 9.80. The second kappa shape index (κ2) is 9.92. The first-order valence-corrected chi connectivity index (χ1v) is 15.4. The summed E-state index contributed by atoms with van der Waals surface area (Å²) in [4.78, 5) is 54.7. The van der Waals surface area contributed by atoms with Gasteiger partial charge in [-0.15, -0.1) is 0 Å². The Kier molecular flexibility index (Phi) is 6.78. The molecular formula is C33H43N3O4.